The Morgan fingerprint density at radius 2 is 1.81 bits per heavy atom. The number of carbonyl (C=O) groups excluding carboxylic acids is 1. The van der Waals surface area contributed by atoms with Gasteiger partial charge in [0.15, 0.2) is 0 Å². The molecule has 3 heteroatoms. The Kier molecular flexibility index (Phi) is 3.68. The molecule has 0 bridgehead atoms. The largest absolute Gasteiger partial charge is 0.353 e. The van der Waals surface area contributed by atoms with E-state index >= 15 is 0 Å². The molecule has 3 N–H and O–H groups in total. The van der Waals surface area contributed by atoms with E-state index in [0.717, 1.165) is 18.8 Å². The predicted octanol–water partition coefficient (Wildman–Crippen LogP) is 2.05. The number of nitrogens with two attached hydrogens (primary N) is 1. The molecule has 0 aromatic heterocycles. The molecule has 0 saturated heterocycles. The average Bonchev–Trinajstić information content (AvgIpc) is 2.49. The minimum absolute atomic E-state index is 0.0825. The first-order valence-electron chi connectivity index (χ1n) is 6.24. The molecule has 3 nitrogen and oxygen atoms in total. The molecule has 16 heavy (non-hydrogen) atoms. The van der Waals surface area contributed by atoms with E-state index in [-0.39, 0.29) is 5.91 Å². The Morgan fingerprint density at radius 3 is 2.19 bits per heavy atom. The zero-order valence-electron chi connectivity index (χ0n) is 11.3. The normalized spacial score (nSPS) is 26.9. The fourth-order valence-corrected chi connectivity index (χ4v) is 2.00. The van der Waals surface area contributed by atoms with Gasteiger partial charge in [-0.1, -0.05) is 6.92 Å². The molecule has 0 aromatic rings. The van der Waals surface area contributed by atoms with Crippen LogP contribution in [-0.4, -0.2) is 17.5 Å². The smallest absolute Gasteiger partial charge is 0.227 e. The average molecular weight is 226 g/mol. The van der Waals surface area contributed by atoms with Gasteiger partial charge in [0.05, 0.1) is 5.41 Å². The van der Waals surface area contributed by atoms with Crippen molar-refractivity contribution in [3.05, 3.63) is 0 Å². The number of carbonyl (C=O) groups is 1. The van der Waals surface area contributed by atoms with E-state index in [1.54, 1.807) is 0 Å². The van der Waals surface area contributed by atoms with Crippen LogP contribution in [0.2, 0.25) is 0 Å². The number of hydrogen-bond donors (Lipinski definition) is 2. The van der Waals surface area contributed by atoms with Gasteiger partial charge in [-0.25, -0.2) is 0 Å². The van der Waals surface area contributed by atoms with E-state index in [2.05, 4.69) is 12.2 Å². The van der Waals surface area contributed by atoms with E-state index in [0.29, 0.717) is 6.04 Å². The summed E-state index contributed by atoms with van der Waals surface area (Å²) in [7, 11) is 0. The maximum Gasteiger partial charge on any atom is 0.227 e. The van der Waals surface area contributed by atoms with Crippen LogP contribution in [0.1, 0.15) is 53.9 Å². The van der Waals surface area contributed by atoms with Gasteiger partial charge in [0.2, 0.25) is 5.91 Å². The maximum atomic E-state index is 12.2. The van der Waals surface area contributed by atoms with Gasteiger partial charge < -0.3 is 11.1 Å². The Morgan fingerprint density at radius 1 is 1.25 bits per heavy atom. The standard InChI is InChI=1S/C13H26N2O/c1-9-6-7-10(8-9)15-11(16)12(2,3)13(4,5)14/h9-10H,6-8,14H2,1-5H3,(H,15,16). The Hall–Kier alpha value is -0.570. The first-order valence-corrected chi connectivity index (χ1v) is 6.24. The van der Waals surface area contributed by atoms with E-state index in [9.17, 15) is 4.79 Å². The summed E-state index contributed by atoms with van der Waals surface area (Å²) in [6.45, 7) is 9.89. The molecule has 94 valence electrons. The van der Waals surface area contributed by atoms with Crippen molar-refractivity contribution < 1.29 is 4.79 Å². The molecule has 0 spiro atoms. The lowest BCUT2D eigenvalue weighted by Crippen LogP contribution is -2.56. The van der Waals surface area contributed by atoms with Crippen LogP contribution in [-0.2, 0) is 4.79 Å². The molecule has 1 aliphatic carbocycles. The summed E-state index contributed by atoms with van der Waals surface area (Å²) in [6.07, 6.45) is 3.43. The van der Waals surface area contributed by atoms with Gasteiger partial charge >= 0.3 is 0 Å². The zero-order valence-corrected chi connectivity index (χ0v) is 11.3. The van der Waals surface area contributed by atoms with Crippen LogP contribution in [0.5, 0.6) is 0 Å². The molecular weight excluding hydrogens is 200 g/mol. The van der Waals surface area contributed by atoms with Crippen LogP contribution < -0.4 is 11.1 Å². The van der Waals surface area contributed by atoms with Gasteiger partial charge in [0.25, 0.3) is 0 Å². The fourth-order valence-electron chi connectivity index (χ4n) is 2.00. The molecule has 1 amide bonds. The van der Waals surface area contributed by atoms with Gasteiger partial charge in [0, 0.05) is 11.6 Å². The molecule has 0 heterocycles. The Bertz CT molecular complexity index is 266. The van der Waals surface area contributed by atoms with Gasteiger partial charge in [-0.2, -0.15) is 0 Å². The summed E-state index contributed by atoms with van der Waals surface area (Å²) >= 11 is 0. The Labute approximate surface area is 99.2 Å². The first kappa shape index (κ1) is 13.5. The minimum Gasteiger partial charge on any atom is -0.353 e. The molecular formula is C13H26N2O. The third-order valence-corrected chi connectivity index (χ3v) is 4.21. The molecule has 0 aromatic carbocycles. The fraction of sp³-hybridized carbons (Fsp3) is 0.923. The molecule has 0 radical (unpaired) electrons. The summed E-state index contributed by atoms with van der Waals surface area (Å²) < 4.78 is 0. The number of hydrogen-bond acceptors (Lipinski definition) is 2. The highest BCUT2D eigenvalue weighted by molar-refractivity contribution is 5.83. The van der Waals surface area contributed by atoms with Gasteiger partial charge in [0.1, 0.15) is 0 Å². The van der Waals surface area contributed by atoms with E-state index in [4.69, 9.17) is 5.73 Å². The van der Waals surface area contributed by atoms with Crippen molar-refractivity contribution in [1.29, 1.82) is 0 Å². The quantitative estimate of drug-likeness (QED) is 0.774. The SMILES string of the molecule is CC1CCC(NC(=O)C(C)(C)C(C)(C)N)C1. The van der Waals surface area contributed by atoms with E-state index < -0.39 is 11.0 Å². The van der Waals surface area contributed by atoms with Gasteiger partial charge in [-0.3, -0.25) is 4.79 Å². The third kappa shape index (κ3) is 2.76. The lowest BCUT2D eigenvalue weighted by atomic mass is 9.74. The van der Waals surface area contributed by atoms with Crippen molar-refractivity contribution in [3.63, 3.8) is 0 Å². The molecule has 1 aliphatic rings. The van der Waals surface area contributed by atoms with Crippen molar-refractivity contribution in [2.75, 3.05) is 0 Å². The van der Waals surface area contributed by atoms with Crippen LogP contribution in [0.3, 0.4) is 0 Å². The summed E-state index contributed by atoms with van der Waals surface area (Å²) in [5.74, 6) is 0.818. The van der Waals surface area contributed by atoms with Crippen molar-refractivity contribution in [1.82, 2.24) is 5.32 Å². The van der Waals surface area contributed by atoms with Crippen molar-refractivity contribution in [2.45, 2.75) is 65.5 Å². The highest BCUT2D eigenvalue weighted by atomic mass is 16.2. The van der Waals surface area contributed by atoms with Crippen LogP contribution in [0.25, 0.3) is 0 Å². The number of nitrogens with one attached hydrogen (secondary N) is 1. The second-order valence-electron chi connectivity index (χ2n) is 6.44. The van der Waals surface area contributed by atoms with E-state index in [1.165, 1.54) is 6.42 Å². The molecule has 0 aliphatic heterocycles. The summed E-state index contributed by atoms with van der Waals surface area (Å²) in [5.41, 5.74) is 5.03. The topological polar surface area (TPSA) is 55.1 Å². The highest BCUT2D eigenvalue weighted by Crippen LogP contribution is 2.30. The minimum atomic E-state index is -0.529. The van der Waals surface area contributed by atoms with Crippen LogP contribution >= 0.6 is 0 Å². The molecule has 2 atom stereocenters. The molecule has 1 saturated carbocycles. The lowest BCUT2D eigenvalue weighted by molar-refractivity contribution is -0.133. The van der Waals surface area contributed by atoms with Crippen molar-refractivity contribution in [3.8, 4) is 0 Å². The second kappa shape index (κ2) is 4.36. The molecule has 2 unspecified atom stereocenters. The molecule has 1 rings (SSSR count). The van der Waals surface area contributed by atoms with E-state index in [1.807, 2.05) is 27.7 Å². The Balaban J connectivity index is 2.59. The number of rotatable bonds is 3. The number of amides is 1. The van der Waals surface area contributed by atoms with Gasteiger partial charge in [-0.15, -0.1) is 0 Å². The van der Waals surface area contributed by atoms with Gasteiger partial charge in [-0.05, 0) is 52.9 Å². The summed E-state index contributed by atoms with van der Waals surface area (Å²) in [6, 6.07) is 0.351. The van der Waals surface area contributed by atoms with Crippen molar-refractivity contribution >= 4 is 5.91 Å². The van der Waals surface area contributed by atoms with Crippen LogP contribution in [0.15, 0.2) is 0 Å². The zero-order chi connectivity index (χ0) is 12.6. The van der Waals surface area contributed by atoms with Crippen molar-refractivity contribution in [2.24, 2.45) is 17.1 Å². The lowest BCUT2D eigenvalue weighted by Gasteiger charge is -2.37. The monoisotopic (exact) mass is 226 g/mol. The summed E-state index contributed by atoms with van der Waals surface area (Å²) in [5, 5.41) is 3.14. The predicted molar refractivity (Wildman–Crippen MR) is 67.0 cm³/mol. The molecule has 1 fully saturated rings. The third-order valence-electron chi connectivity index (χ3n) is 4.21. The second-order valence-corrected chi connectivity index (χ2v) is 6.44. The van der Waals surface area contributed by atoms with Crippen LogP contribution in [0, 0.1) is 11.3 Å². The summed E-state index contributed by atoms with van der Waals surface area (Å²) in [4.78, 5) is 12.2. The van der Waals surface area contributed by atoms with Crippen LogP contribution in [0.4, 0.5) is 0 Å². The highest BCUT2D eigenvalue weighted by Gasteiger charge is 2.41. The maximum absolute atomic E-state index is 12.2. The first-order chi connectivity index (χ1) is 7.14.